The molecule has 0 amide bonds. The summed E-state index contributed by atoms with van der Waals surface area (Å²) in [5.41, 5.74) is 5.59. The average molecular weight is 216 g/mol. The summed E-state index contributed by atoms with van der Waals surface area (Å²) in [5, 5.41) is 4.61. The number of hydrogen-bond acceptors (Lipinski definition) is 1. The van der Waals surface area contributed by atoms with E-state index in [9.17, 15) is 0 Å². The van der Waals surface area contributed by atoms with Gasteiger partial charge >= 0.3 is 0 Å². The maximum absolute atomic E-state index is 3.21. The maximum atomic E-state index is 3.21. The van der Waals surface area contributed by atoms with Gasteiger partial charge in [0.05, 0.1) is 5.52 Å². The number of aromatic nitrogens is 1. The van der Waals surface area contributed by atoms with Crippen LogP contribution in [0.25, 0.3) is 10.9 Å². The van der Waals surface area contributed by atoms with Gasteiger partial charge < -0.3 is 9.88 Å². The van der Waals surface area contributed by atoms with Gasteiger partial charge in [-0.2, -0.15) is 0 Å². The Morgan fingerprint density at radius 2 is 2.00 bits per heavy atom. The van der Waals surface area contributed by atoms with Gasteiger partial charge in [0, 0.05) is 18.6 Å². The molecule has 1 aromatic carbocycles. The Morgan fingerprint density at radius 3 is 2.69 bits per heavy atom. The van der Waals surface area contributed by atoms with Crippen LogP contribution in [-0.4, -0.2) is 18.2 Å². The lowest BCUT2D eigenvalue weighted by molar-refractivity contribution is 0.791. The smallest absolute Gasteiger partial charge is 0.0512 e. The van der Waals surface area contributed by atoms with E-state index in [2.05, 4.69) is 49.1 Å². The Labute approximate surface area is 97.3 Å². The number of benzene rings is 1. The molecule has 1 heterocycles. The first-order valence-corrected chi connectivity index (χ1v) is 5.84. The van der Waals surface area contributed by atoms with Gasteiger partial charge in [0.2, 0.25) is 0 Å². The van der Waals surface area contributed by atoms with E-state index in [-0.39, 0.29) is 0 Å². The minimum absolute atomic E-state index is 1.03. The van der Waals surface area contributed by atoms with Crippen LogP contribution in [0.3, 0.4) is 0 Å². The molecule has 16 heavy (non-hydrogen) atoms. The SMILES string of the molecule is CNCCc1cn(C)c2c(C)c(C)ccc12. The molecule has 0 saturated heterocycles. The van der Waals surface area contributed by atoms with Crippen molar-refractivity contribution in [3.63, 3.8) is 0 Å². The van der Waals surface area contributed by atoms with Crippen molar-refractivity contribution in [1.29, 1.82) is 0 Å². The zero-order valence-corrected chi connectivity index (χ0v) is 10.6. The molecule has 0 aliphatic heterocycles. The Bertz CT molecular complexity index is 509. The topological polar surface area (TPSA) is 17.0 Å². The highest BCUT2D eigenvalue weighted by Gasteiger charge is 2.09. The zero-order valence-electron chi connectivity index (χ0n) is 10.6. The fourth-order valence-corrected chi connectivity index (χ4v) is 2.34. The molecule has 0 spiro atoms. The summed E-state index contributed by atoms with van der Waals surface area (Å²) in [4.78, 5) is 0. The van der Waals surface area contributed by atoms with Crippen molar-refractivity contribution in [3.05, 3.63) is 35.0 Å². The summed E-state index contributed by atoms with van der Waals surface area (Å²) in [6.45, 7) is 5.42. The van der Waals surface area contributed by atoms with Crippen LogP contribution in [0.5, 0.6) is 0 Å². The molecular weight excluding hydrogens is 196 g/mol. The predicted molar refractivity (Wildman–Crippen MR) is 70.0 cm³/mol. The molecule has 1 N–H and O–H groups in total. The van der Waals surface area contributed by atoms with Gasteiger partial charge in [0.15, 0.2) is 0 Å². The van der Waals surface area contributed by atoms with Gasteiger partial charge in [-0.1, -0.05) is 12.1 Å². The number of likely N-dealkylation sites (N-methyl/N-ethyl adjacent to an activating group) is 1. The Hall–Kier alpha value is -1.28. The molecule has 0 fully saturated rings. The second kappa shape index (κ2) is 4.30. The van der Waals surface area contributed by atoms with Gasteiger partial charge in [-0.05, 0) is 50.6 Å². The van der Waals surface area contributed by atoms with E-state index < -0.39 is 0 Å². The van der Waals surface area contributed by atoms with Crippen molar-refractivity contribution >= 4 is 10.9 Å². The van der Waals surface area contributed by atoms with E-state index in [0.717, 1.165) is 13.0 Å². The predicted octanol–water partition coefficient (Wildman–Crippen LogP) is 2.56. The molecule has 0 aliphatic rings. The molecule has 2 nitrogen and oxygen atoms in total. The van der Waals surface area contributed by atoms with E-state index in [1.165, 1.54) is 27.6 Å². The fraction of sp³-hybridized carbons (Fsp3) is 0.429. The lowest BCUT2D eigenvalue weighted by Gasteiger charge is -2.04. The minimum Gasteiger partial charge on any atom is -0.350 e. The molecule has 2 heteroatoms. The summed E-state index contributed by atoms with van der Waals surface area (Å²) in [7, 11) is 4.14. The van der Waals surface area contributed by atoms with Crippen molar-refractivity contribution in [2.75, 3.05) is 13.6 Å². The van der Waals surface area contributed by atoms with Crippen LogP contribution < -0.4 is 5.32 Å². The lowest BCUT2D eigenvalue weighted by Crippen LogP contribution is -2.09. The van der Waals surface area contributed by atoms with Crippen LogP contribution >= 0.6 is 0 Å². The molecular formula is C14H20N2. The van der Waals surface area contributed by atoms with Crippen LogP contribution in [-0.2, 0) is 13.5 Å². The molecule has 1 aromatic heterocycles. The highest BCUT2D eigenvalue weighted by Crippen LogP contribution is 2.26. The van der Waals surface area contributed by atoms with Gasteiger partial charge in [-0.3, -0.25) is 0 Å². The maximum Gasteiger partial charge on any atom is 0.0512 e. The largest absolute Gasteiger partial charge is 0.350 e. The van der Waals surface area contributed by atoms with Crippen LogP contribution in [0.2, 0.25) is 0 Å². The van der Waals surface area contributed by atoms with Crippen LogP contribution in [0, 0.1) is 13.8 Å². The Kier molecular flexibility index (Phi) is 3.01. The van der Waals surface area contributed by atoms with Crippen molar-refractivity contribution < 1.29 is 0 Å². The van der Waals surface area contributed by atoms with Crippen molar-refractivity contribution in [2.45, 2.75) is 20.3 Å². The first-order chi connectivity index (χ1) is 7.65. The zero-order chi connectivity index (χ0) is 11.7. The summed E-state index contributed by atoms with van der Waals surface area (Å²) in [5.74, 6) is 0. The molecule has 0 aliphatic carbocycles. The van der Waals surface area contributed by atoms with E-state index in [4.69, 9.17) is 0 Å². The number of aryl methyl sites for hydroxylation is 3. The normalized spacial score (nSPS) is 11.2. The summed E-state index contributed by atoms with van der Waals surface area (Å²) >= 11 is 0. The van der Waals surface area contributed by atoms with Crippen molar-refractivity contribution in [3.8, 4) is 0 Å². The molecule has 0 radical (unpaired) electrons. The fourth-order valence-electron chi connectivity index (χ4n) is 2.34. The third kappa shape index (κ3) is 1.74. The highest BCUT2D eigenvalue weighted by atomic mass is 14.9. The first-order valence-electron chi connectivity index (χ1n) is 5.84. The van der Waals surface area contributed by atoms with E-state index in [1.54, 1.807) is 0 Å². The second-order valence-electron chi connectivity index (χ2n) is 4.52. The first kappa shape index (κ1) is 11.2. The standard InChI is InChI=1S/C14H20N2/c1-10-5-6-13-12(7-8-15-3)9-16(4)14(13)11(10)2/h5-6,9,15H,7-8H2,1-4H3. The Balaban J connectivity index is 2.58. The molecule has 0 unspecified atom stereocenters. The van der Waals surface area contributed by atoms with E-state index >= 15 is 0 Å². The van der Waals surface area contributed by atoms with E-state index in [1.807, 2.05) is 7.05 Å². The van der Waals surface area contributed by atoms with Gasteiger partial charge in [-0.15, -0.1) is 0 Å². The van der Waals surface area contributed by atoms with Crippen LogP contribution in [0.1, 0.15) is 16.7 Å². The highest BCUT2D eigenvalue weighted by molar-refractivity contribution is 5.87. The number of hydrogen-bond donors (Lipinski definition) is 1. The summed E-state index contributed by atoms with van der Waals surface area (Å²) < 4.78 is 2.25. The average Bonchev–Trinajstić information content (AvgIpc) is 2.58. The second-order valence-corrected chi connectivity index (χ2v) is 4.52. The number of fused-ring (bicyclic) bond motifs is 1. The quantitative estimate of drug-likeness (QED) is 0.834. The monoisotopic (exact) mass is 216 g/mol. The van der Waals surface area contributed by atoms with Crippen molar-refractivity contribution in [2.24, 2.45) is 7.05 Å². The van der Waals surface area contributed by atoms with Gasteiger partial charge in [0.1, 0.15) is 0 Å². The Morgan fingerprint density at radius 1 is 1.25 bits per heavy atom. The van der Waals surface area contributed by atoms with Gasteiger partial charge in [-0.25, -0.2) is 0 Å². The van der Waals surface area contributed by atoms with E-state index in [0.29, 0.717) is 0 Å². The van der Waals surface area contributed by atoms with Crippen molar-refractivity contribution in [1.82, 2.24) is 9.88 Å². The lowest BCUT2D eigenvalue weighted by atomic mass is 10.0. The molecule has 86 valence electrons. The molecule has 0 bridgehead atoms. The third-order valence-electron chi connectivity index (χ3n) is 3.39. The van der Waals surface area contributed by atoms with Crippen LogP contribution in [0.15, 0.2) is 18.3 Å². The summed E-state index contributed by atoms with van der Waals surface area (Å²) in [6.07, 6.45) is 3.35. The summed E-state index contributed by atoms with van der Waals surface area (Å²) in [6, 6.07) is 4.48. The molecule has 2 rings (SSSR count). The van der Waals surface area contributed by atoms with Gasteiger partial charge in [0.25, 0.3) is 0 Å². The number of rotatable bonds is 3. The minimum atomic E-state index is 1.03. The molecule has 0 atom stereocenters. The third-order valence-corrected chi connectivity index (χ3v) is 3.39. The molecule has 0 saturated carbocycles. The number of nitrogens with one attached hydrogen (secondary N) is 1. The van der Waals surface area contributed by atoms with Crippen LogP contribution in [0.4, 0.5) is 0 Å². The molecule has 2 aromatic rings. The number of nitrogens with zero attached hydrogens (tertiary/aromatic N) is 1.